The Hall–Kier alpha value is -3.81. The first kappa shape index (κ1) is 26.8. The van der Waals surface area contributed by atoms with Gasteiger partial charge >= 0.3 is 6.18 Å². The van der Waals surface area contributed by atoms with Gasteiger partial charge in [-0.05, 0) is 38.3 Å². The van der Waals surface area contributed by atoms with Crippen LogP contribution in [0.25, 0.3) is 11.5 Å². The molecule has 3 aromatic heterocycles. The largest absolute Gasteiger partial charge is 0.433 e. The molecule has 0 saturated carbocycles. The minimum absolute atomic E-state index is 0.00654. The molecule has 14 heteroatoms. The predicted octanol–water partition coefficient (Wildman–Crippen LogP) is 2.77. The van der Waals surface area contributed by atoms with E-state index in [1.807, 2.05) is 6.92 Å². The Morgan fingerprint density at radius 3 is 2.51 bits per heavy atom. The van der Waals surface area contributed by atoms with Crippen LogP contribution in [0.5, 0.6) is 0 Å². The van der Waals surface area contributed by atoms with E-state index >= 15 is 0 Å². The Bertz CT molecular complexity index is 1310. The maximum absolute atomic E-state index is 13.0. The van der Waals surface area contributed by atoms with Crippen molar-refractivity contribution in [2.24, 2.45) is 0 Å². The summed E-state index contributed by atoms with van der Waals surface area (Å²) in [7, 11) is 0. The lowest BCUT2D eigenvalue weighted by Gasteiger charge is -2.47. The highest BCUT2D eigenvalue weighted by Gasteiger charge is 2.36. The van der Waals surface area contributed by atoms with E-state index in [9.17, 15) is 18.0 Å². The first-order valence-electron chi connectivity index (χ1n) is 13.0. The summed E-state index contributed by atoms with van der Waals surface area (Å²) in [5, 5.41) is 6.76. The highest BCUT2D eigenvalue weighted by molar-refractivity contribution is 5.98. The van der Waals surface area contributed by atoms with Gasteiger partial charge in [0.05, 0.1) is 17.5 Å². The van der Waals surface area contributed by atoms with Gasteiger partial charge in [-0.3, -0.25) is 14.8 Å². The number of piperazine rings is 1. The van der Waals surface area contributed by atoms with Crippen LogP contribution in [-0.2, 0) is 6.18 Å². The second-order valence-electron chi connectivity index (χ2n) is 9.88. The molecule has 2 aliphatic rings. The number of amides is 1. The van der Waals surface area contributed by atoms with Crippen molar-refractivity contribution in [3.8, 4) is 11.5 Å². The molecule has 0 spiro atoms. The fourth-order valence-electron chi connectivity index (χ4n) is 5.52. The molecule has 3 N–H and O–H groups in total. The third kappa shape index (κ3) is 5.51. The number of nitrogens with two attached hydrogens (primary N) is 1. The summed E-state index contributed by atoms with van der Waals surface area (Å²) in [5.74, 6) is 0.587. The van der Waals surface area contributed by atoms with Crippen molar-refractivity contribution >= 4 is 17.5 Å². The molecule has 208 valence electrons. The average molecular weight is 545 g/mol. The van der Waals surface area contributed by atoms with Crippen molar-refractivity contribution in [3.05, 3.63) is 41.6 Å². The summed E-state index contributed by atoms with van der Waals surface area (Å²) in [6.45, 7) is 7.61. The van der Waals surface area contributed by atoms with Gasteiger partial charge in [-0.1, -0.05) is 6.92 Å². The van der Waals surface area contributed by atoms with Crippen LogP contribution in [0.3, 0.4) is 0 Å². The van der Waals surface area contributed by atoms with Gasteiger partial charge in [-0.15, -0.1) is 0 Å². The van der Waals surface area contributed by atoms with Gasteiger partial charge < -0.3 is 15.5 Å². The monoisotopic (exact) mass is 544 g/mol. The van der Waals surface area contributed by atoms with Crippen LogP contribution in [0.4, 0.5) is 24.8 Å². The number of piperidine rings is 1. The number of nitrogens with zero attached hydrogens (tertiary/aromatic N) is 8. The lowest BCUT2D eigenvalue weighted by Crippen LogP contribution is -2.59. The molecule has 2 saturated heterocycles. The van der Waals surface area contributed by atoms with Crippen molar-refractivity contribution in [2.45, 2.75) is 51.4 Å². The molecule has 1 atom stereocenters. The minimum Gasteiger partial charge on any atom is -0.383 e. The first-order valence-corrected chi connectivity index (χ1v) is 13.0. The zero-order valence-electron chi connectivity index (χ0n) is 21.8. The third-order valence-corrected chi connectivity index (χ3v) is 7.53. The number of carbonyl (C=O) groups excluding carboxylic acids is 1. The molecule has 3 aromatic rings. The number of anilines is 2. The van der Waals surface area contributed by atoms with E-state index in [1.165, 1.54) is 6.33 Å². The van der Waals surface area contributed by atoms with Gasteiger partial charge in [-0.2, -0.15) is 18.3 Å². The van der Waals surface area contributed by atoms with Crippen LogP contribution < -0.4 is 10.6 Å². The zero-order chi connectivity index (χ0) is 27.7. The number of H-pyrrole nitrogens is 1. The summed E-state index contributed by atoms with van der Waals surface area (Å²) in [4.78, 5) is 36.3. The molecule has 5 heterocycles. The molecule has 11 nitrogen and oxygen atoms in total. The number of likely N-dealkylation sites (tertiary alicyclic amines) is 1. The van der Waals surface area contributed by atoms with E-state index < -0.39 is 17.7 Å². The number of alkyl halides is 3. The van der Waals surface area contributed by atoms with E-state index in [-0.39, 0.29) is 11.5 Å². The van der Waals surface area contributed by atoms with Crippen LogP contribution in [0.15, 0.2) is 24.7 Å². The van der Waals surface area contributed by atoms with E-state index in [0.29, 0.717) is 36.7 Å². The maximum atomic E-state index is 13.0. The van der Waals surface area contributed by atoms with Crippen molar-refractivity contribution in [1.82, 2.24) is 39.9 Å². The molecular weight excluding hydrogens is 513 g/mol. The van der Waals surface area contributed by atoms with Crippen LogP contribution >= 0.6 is 0 Å². The molecule has 2 aliphatic heterocycles. The van der Waals surface area contributed by atoms with Crippen LogP contribution in [0.1, 0.15) is 47.9 Å². The number of pyridine rings is 1. The van der Waals surface area contributed by atoms with E-state index in [2.05, 4.69) is 46.9 Å². The number of halogens is 3. The highest BCUT2D eigenvalue weighted by Crippen LogP contribution is 2.30. The van der Waals surface area contributed by atoms with Crippen LogP contribution in [-0.4, -0.2) is 90.6 Å². The SMILES string of the molecule is CC[C@H]1CN(c2ncc(-c3nc[nH]n3)nc2C)CCN1C1CCN(C(=O)c2ccc(C(F)(F)F)nc2N)CC1. The first-order chi connectivity index (χ1) is 18.7. The second kappa shape index (κ2) is 10.8. The van der Waals surface area contributed by atoms with Crippen molar-refractivity contribution in [3.63, 3.8) is 0 Å². The number of aromatic nitrogens is 6. The number of carbonyl (C=O) groups is 1. The Morgan fingerprint density at radius 2 is 1.90 bits per heavy atom. The van der Waals surface area contributed by atoms with Gasteiger partial charge in [0.25, 0.3) is 5.91 Å². The molecule has 1 amide bonds. The lowest BCUT2D eigenvalue weighted by molar-refractivity contribution is -0.141. The fourth-order valence-corrected chi connectivity index (χ4v) is 5.52. The summed E-state index contributed by atoms with van der Waals surface area (Å²) in [6.07, 6.45) is 1.11. The highest BCUT2D eigenvalue weighted by atomic mass is 19.4. The van der Waals surface area contributed by atoms with Crippen molar-refractivity contribution in [2.75, 3.05) is 43.4 Å². The molecular formula is C25H31F3N10O. The standard InChI is InChI=1S/C25H31F3N10O/c1-3-16-13-37(23-15(2)33-19(12-30-23)22-31-14-32-35-22)10-11-38(16)17-6-8-36(9-7-17)24(39)18-4-5-20(25(26,27)28)34-21(18)29/h4-5,12,14,16-17H,3,6-11,13H2,1-2H3,(H2,29,34)(H,31,32,35)/t16-/m0/s1. The number of rotatable bonds is 5. The number of hydrogen-bond acceptors (Lipinski definition) is 9. The summed E-state index contributed by atoms with van der Waals surface area (Å²) < 4.78 is 38.7. The number of aromatic amines is 1. The normalized spacial score (nSPS) is 19.5. The number of nitrogens with one attached hydrogen (secondary N) is 1. The number of nitrogen functional groups attached to an aromatic ring is 1. The lowest BCUT2D eigenvalue weighted by atomic mass is 9.97. The Kier molecular flexibility index (Phi) is 7.38. The Morgan fingerprint density at radius 1 is 1.13 bits per heavy atom. The zero-order valence-corrected chi connectivity index (χ0v) is 21.8. The molecule has 0 aliphatic carbocycles. The number of aryl methyl sites for hydroxylation is 1. The molecule has 0 aromatic carbocycles. The molecule has 0 unspecified atom stereocenters. The van der Waals surface area contributed by atoms with Crippen molar-refractivity contribution in [1.29, 1.82) is 0 Å². The Labute approximate surface area is 223 Å². The molecule has 39 heavy (non-hydrogen) atoms. The maximum Gasteiger partial charge on any atom is 0.433 e. The topological polar surface area (TPSA) is 133 Å². The third-order valence-electron chi connectivity index (χ3n) is 7.53. The number of hydrogen-bond donors (Lipinski definition) is 2. The molecule has 5 rings (SSSR count). The molecule has 0 radical (unpaired) electrons. The summed E-state index contributed by atoms with van der Waals surface area (Å²) >= 11 is 0. The van der Waals surface area contributed by atoms with Gasteiger partial charge in [0.1, 0.15) is 29.4 Å². The van der Waals surface area contributed by atoms with Crippen LogP contribution in [0.2, 0.25) is 0 Å². The molecule has 0 bridgehead atoms. The quantitative estimate of drug-likeness (QED) is 0.497. The second-order valence-corrected chi connectivity index (χ2v) is 9.88. The minimum atomic E-state index is -4.61. The average Bonchev–Trinajstić information content (AvgIpc) is 3.47. The van der Waals surface area contributed by atoms with Crippen LogP contribution in [0, 0.1) is 6.92 Å². The van der Waals surface area contributed by atoms with E-state index in [4.69, 9.17) is 5.73 Å². The van der Waals surface area contributed by atoms with Gasteiger partial charge in [0, 0.05) is 44.8 Å². The summed E-state index contributed by atoms with van der Waals surface area (Å²) in [6, 6.07) is 2.54. The molecule has 2 fully saturated rings. The smallest absolute Gasteiger partial charge is 0.383 e. The predicted molar refractivity (Wildman–Crippen MR) is 138 cm³/mol. The van der Waals surface area contributed by atoms with E-state index in [1.54, 1.807) is 11.1 Å². The Balaban J connectivity index is 1.20. The summed E-state index contributed by atoms with van der Waals surface area (Å²) in [5.41, 5.74) is 6.07. The van der Waals surface area contributed by atoms with E-state index in [0.717, 1.165) is 62.5 Å². The van der Waals surface area contributed by atoms with Crippen molar-refractivity contribution < 1.29 is 18.0 Å². The van der Waals surface area contributed by atoms with Gasteiger partial charge in [-0.25, -0.2) is 19.9 Å². The van der Waals surface area contributed by atoms with Gasteiger partial charge in [0.2, 0.25) is 5.82 Å². The fraction of sp³-hybridized carbons (Fsp3) is 0.520. The van der Waals surface area contributed by atoms with Gasteiger partial charge in [0.15, 0.2) is 0 Å².